The van der Waals surface area contributed by atoms with E-state index in [4.69, 9.17) is 5.73 Å². The molecule has 4 N–H and O–H groups in total. The number of hydrogen-bond donors (Lipinski definition) is 3. The Hall–Kier alpha value is -1.85. The zero-order chi connectivity index (χ0) is 17.4. The minimum Gasteiger partial charge on any atom is -0.478 e. The van der Waals surface area contributed by atoms with Crippen molar-refractivity contribution < 1.29 is 15.0 Å². The third-order valence-electron chi connectivity index (χ3n) is 4.36. The van der Waals surface area contributed by atoms with Gasteiger partial charge < -0.3 is 20.5 Å². The lowest BCUT2D eigenvalue weighted by Crippen LogP contribution is -2.14. The Morgan fingerprint density at radius 1 is 1.30 bits per heavy atom. The van der Waals surface area contributed by atoms with Gasteiger partial charge in [-0.25, -0.2) is 4.79 Å². The first-order chi connectivity index (χ1) is 10.7. The molecule has 0 aliphatic heterocycles. The topological polar surface area (TPSA) is 88.5 Å². The van der Waals surface area contributed by atoms with E-state index in [0.717, 1.165) is 22.2 Å². The number of carbonyl (C=O) groups is 1. The van der Waals surface area contributed by atoms with Gasteiger partial charge in [0, 0.05) is 17.6 Å². The van der Waals surface area contributed by atoms with Gasteiger partial charge in [0.05, 0.1) is 17.7 Å². The van der Waals surface area contributed by atoms with Gasteiger partial charge in [0.1, 0.15) is 0 Å². The Morgan fingerprint density at radius 3 is 2.43 bits per heavy atom. The van der Waals surface area contributed by atoms with E-state index in [1.807, 2.05) is 11.5 Å². The van der Waals surface area contributed by atoms with Gasteiger partial charge in [0.15, 0.2) is 0 Å². The second-order valence-corrected chi connectivity index (χ2v) is 6.95. The summed E-state index contributed by atoms with van der Waals surface area (Å²) in [5.41, 5.74) is 9.61. The molecule has 0 amide bonds. The van der Waals surface area contributed by atoms with E-state index in [1.165, 1.54) is 0 Å². The lowest BCUT2D eigenvalue weighted by Gasteiger charge is -2.20. The van der Waals surface area contributed by atoms with Gasteiger partial charge >= 0.3 is 5.97 Å². The van der Waals surface area contributed by atoms with Crippen molar-refractivity contribution in [3.05, 3.63) is 34.5 Å². The Morgan fingerprint density at radius 2 is 1.96 bits per heavy atom. The largest absolute Gasteiger partial charge is 0.478 e. The van der Waals surface area contributed by atoms with Crippen molar-refractivity contribution in [1.29, 1.82) is 0 Å². The van der Waals surface area contributed by atoms with E-state index in [9.17, 15) is 15.0 Å². The van der Waals surface area contributed by atoms with Crippen LogP contribution in [0.1, 0.15) is 48.0 Å². The number of aromatic nitrogens is 1. The molecule has 0 radical (unpaired) electrons. The van der Waals surface area contributed by atoms with E-state index >= 15 is 0 Å². The van der Waals surface area contributed by atoms with Gasteiger partial charge in [0.2, 0.25) is 0 Å². The fourth-order valence-electron chi connectivity index (χ4n) is 3.12. The van der Waals surface area contributed by atoms with Gasteiger partial charge in [-0.15, -0.1) is 0 Å². The number of hydrogen-bond acceptors (Lipinski definition) is 3. The van der Waals surface area contributed by atoms with Crippen LogP contribution in [0.4, 0.5) is 0 Å². The van der Waals surface area contributed by atoms with Crippen LogP contribution in [0.2, 0.25) is 0 Å². The number of aliphatic hydroxyl groups is 1. The van der Waals surface area contributed by atoms with Crippen LogP contribution in [-0.4, -0.2) is 33.9 Å². The van der Waals surface area contributed by atoms with Crippen LogP contribution in [0.5, 0.6) is 0 Å². The average molecular weight is 318 g/mol. The second-order valence-electron chi connectivity index (χ2n) is 6.95. The van der Waals surface area contributed by atoms with Gasteiger partial charge in [0.25, 0.3) is 0 Å². The first kappa shape index (κ1) is 17.5. The Labute approximate surface area is 136 Å². The average Bonchev–Trinajstić information content (AvgIpc) is 2.72. The number of fused-ring (bicyclic) bond motifs is 1. The third-order valence-corrected chi connectivity index (χ3v) is 4.36. The highest BCUT2D eigenvalue weighted by molar-refractivity contribution is 6.04. The first-order valence-corrected chi connectivity index (χ1v) is 7.92. The second kappa shape index (κ2) is 6.34. The molecule has 1 heterocycles. The van der Waals surface area contributed by atoms with Gasteiger partial charge in [-0.2, -0.15) is 0 Å². The highest BCUT2D eigenvalue weighted by atomic mass is 16.4. The summed E-state index contributed by atoms with van der Waals surface area (Å²) in [6, 6.07) is 3.83. The van der Waals surface area contributed by atoms with Crippen LogP contribution in [0, 0.1) is 6.92 Å². The van der Waals surface area contributed by atoms with Crippen LogP contribution in [0.3, 0.4) is 0 Å². The molecule has 0 fully saturated rings. The normalized spacial score (nSPS) is 12.1. The van der Waals surface area contributed by atoms with E-state index in [1.54, 1.807) is 6.07 Å². The summed E-state index contributed by atoms with van der Waals surface area (Å²) in [5, 5.41) is 20.0. The molecule has 2 rings (SSSR count). The molecule has 126 valence electrons. The molecule has 0 bridgehead atoms. The highest BCUT2D eigenvalue weighted by Crippen LogP contribution is 2.34. The SMILES string of the molecule is Cc1c(CCN)c2cc(C(C)(C)C)cc(C(=O)O)c2n1CCO. The van der Waals surface area contributed by atoms with Gasteiger partial charge in [-0.3, -0.25) is 0 Å². The molecule has 2 aromatic rings. The molecule has 0 aliphatic carbocycles. The summed E-state index contributed by atoms with van der Waals surface area (Å²) in [6.45, 7) is 9.01. The van der Waals surface area contributed by atoms with Crippen LogP contribution < -0.4 is 5.73 Å². The number of carboxylic acids is 1. The predicted molar refractivity (Wildman–Crippen MR) is 92.2 cm³/mol. The molecular weight excluding hydrogens is 292 g/mol. The monoisotopic (exact) mass is 318 g/mol. The summed E-state index contributed by atoms with van der Waals surface area (Å²) in [5.74, 6) is -0.947. The smallest absolute Gasteiger partial charge is 0.337 e. The number of benzene rings is 1. The fourth-order valence-corrected chi connectivity index (χ4v) is 3.12. The van der Waals surface area contributed by atoms with Crippen molar-refractivity contribution in [2.75, 3.05) is 13.2 Å². The third kappa shape index (κ3) is 3.12. The minimum absolute atomic E-state index is 0.0350. The summed E-state index contributed by atoms with van der Waals surface area (Å²) in [7, 11) is 0. The molecule has 0 spiro atoms. The summed E-state index contributed by atoms with van der Waals surface area (Å²) in [4.78, 5) is 11.8. The molecule has 5 heteroatoms. The molecule has 1 aromatic heterocycles. The van der Waals surface area contributed by atoms with E-state index in [-0.39, 0.29) is 17.6 Å². The number of aromatic carboxylic acids is 1. The van der Waals surface area contributed by atoms with Crippen LogP contribution in [0.25, 0.3) is 10.9 Å². The maximum Gasteiger partial charge on any atom is 0.337 e. The number of aliphatic hydroxyl groups excluding tert-OH is 1. The number of nitrogens with zero attached hydrogens (tertiary/aromatic N) is 1. The minimum atomic E-state index is -0.947. The van der Waals surface area contributed by atoms with Gasteiger partial charge in [-0.05, 0) is 48.6 Å². The maximum absolute atomic E-state index is 11.8. The highest BCUT2D eigenvalue weighted by Gasteiger charge is 2.24. The lowest BCUT2D eigenvalue weighted by atomic mass is 9.84. The van der Waals surface area contributed by atoms with Gasteiger partial charge in [-0.1, -0.05) is 20.8 Å². The van der Waals surface area contributed by atoms with Crippen LogP contribution in [-0.2, 0) is 18.4 Å². The van der Waals surface area contributed by atoms with Crippen molar-refractivity contribution in [3.63, 3.8) is 0 Å². The van der Waals surface area contributed by atoms with E-state index in [0.29, 0.717) is 25.0 Å². The number of carboxylic acid groups (broad SMARTS) is 1. The van der Waals surface area contributed by atoms with E-state index in [2.05, 4.69) is 26.8 Å². The molecule has 0 saturated carbocycles. The lowest BCUT2D eigenvalue weighted by molar-refractivity contribution is 0.0698. The molecular formula is C18H26N2O3. The predicted octanol–water partition coefficient (Wildman–Crippen LogP) is 2.44. The summed E-state index contributed by atoms with van der Waals surface area (Å²) >= 11 is 0. The van der Waals surface area contributed by atoms with Crippen molar-refractivity contribution in [1.82, 2.24) is 4.57 Å². The summed E-state index contributed by atoms with van der Waals surface area (Å²) in [6.07, 6.45) is 0.688. The number of nitrogens with two attached hydrogens (primary N) is 1. The van der Waals surface area contributed by atoms with Crippen LogP contribution >= 0.6 is 0 Å². The number of rotatable bonds is 5. The first-order valence-electron chi connectivity index (χ1n) is 7.92. The molecule has 5 nitrogen and oxygen atoms in total. The quantitative estimate of drug-likeness (QED) is 0.790. The maximum atomic E-state index is 11.8. The standard InChI is InChI=1S/C18H26N2O3/c1-11-13(5-6-19)14-9-12(18(2,3)4)10-15(17(22)23)16(14)20(11)7-8-21/h9-10,21H,5-8,19H2,1-4H3,(H,22,23). The van der Waals surface area contributed by atoms with Crippen molar-refractivity contribution in [2.24, 2.45) is 5.73 Å². The van der Waals surface area contributed by atoms with E-state index < -0.39 is 5.97 Å². The molecule has 23 heavy (non-hydrogen) atoms. The zero-order valence-electron chi connectivity index (χ0n) is 14.3. The Balaban J connectivity index is 2.93. The molecule has 0 atom stereocenters. The van der Waals surface area contributed by atoms with Crippen molar-refractivity contribution in [2.45, 2.75) is 46.1 Å². The molecule has 0 saturated heterocycles. The summed E-state index contributed by atoms with van der Waals surface area (Å²) < 4.78 is 1.90. The molecule has 0 aliphatic rings. The molecule has 1 aromatic carbocycles. The molecule has 0 unspecified atom stereocenters. The fraction of sp³-hybridized carbons (Fsp3) is 0.500. The zero-order valence-corrected chi connectivity index (χ0v) is 14.3. The Kier molecular flexibility index (Phi) is 4.82. The van der Waals surface area contributed by atoms with Crippen molar-refractivity contribution >= 4 is 16.9 Å². The Bertz CT molecular complexity index is 739. The van der Waals surface area contributed by atoms with Crippen molar-refractivity contribution in [3.8, 4) is 0 Å². The van der Waals surface area contributed by atoms with Crippen LogP contribution in [0.15, 0.2) is 12.1 Å².